The second-order valence-corrected chi connectivity index (χ2v) is 9.46. The Morgan fingerprint density at radius 1 is 1.04 bits per heavy atom. The summed E-state index contributed by atoms with van der Waals surface area (Å²) in [4.78, 5) is 65.8. The molecule has 0 fully saturated rings. The van der Waals surface area contributed by atoms with E-state index in [-0.39, 0.29) is 67.7 Å². The number of amides is 2. The summed E-state index contributed by atoms with van der Waals surface area (Å²) < 4.78 is 15.9. The number of ether oxygens (including phenoxy) is 3. The van der Waals surface area contributed by atoms with Gasteiger partial charge in [-0.15, -0.1) is 0 Å². The van der Waals surface area contributed by atoms with Gasteiger partial charge in [0.1, 0.15) is 6.04 Å². The summed E-state index contributed by atoms with van der Waals surface area (Å²) in [6.45, 7) is 2.66. The number of carboxylic acid groups (broad SMARTS) is 1. The summed E-state index contributed by atoms with van der Waals surface area (Å²) in [6.07, 6.45) is 1.24. The first-order chi connectivity index (χ1) is 22.3. The molecule has 2 amide bonds. The lowest BCUT2D eigenvalue weighted by atomic mass is 10.1. The number of aliphatic carboxylic acids is 1. The van der Waals surface area contributed by atoms with Crippen LogP contribution in [0.3, 0.4) is 0 Å². The molecule has 2 aromatic heterocycles. The zero-order chi connectivity index (χ0) is 33.1. The third-order valence-corrected chi connectivity index (χ3v) is 6.08. The monoisotopic (exact) mass is 641 g/mol. The van der Waals surface area contributed by atoms with Crippen LogP contribution in [-0.4, -0.2) is 102 Å². The number of nitrogens with two attached hydrogens (primary N) is 1. The van der Waals surface area contributed by atoms with Crippen molar-refractivity contribution in [3.8, 4) is 0 Å². The molecule has 0 bridgehead atoms. The highest BCUT2D eigenvalue weighted by atomic mass is 16.5. The molecule has 0 spiro atoms. The minimum Gasteiger partial charge on any atom is -0.480 e. The summed E-state index contributed by atoms with van der Waals surface area (Å²) >= 11 is 0. The maximum Gasteiger partial charge on any atom is 0.326 e. The molecule has 0 aliphatic carbocycles. The van der Waals surface area contributed by atoms with Gasteiger partial charge in [-0.25, -0.2) is 14.8 Å². The van der Waals surface area contributed by atoms with Gasteiger partial charge in [-0.05, 0) is 36.2 Å². The molecule has 0 aliphatic heterocycles. The van der Waals surface area contributed by atoms with Gasteiger partial charge in [0.2, 0.25) is 11.9 Å². The van der Waals surface area contributed by atoms with Crippen LogP contribution >= 0.6 is 0 Å². The molecule has 7 N–H and O–H groups in total. The van der Waals surface area contributed by atoms with Crippen molar-refractivity contribution in [2.75, 3.05) is 63.8 Å². The first-order valence-electron chi connectivity index (χ1n) is 14.2. The van der Waals surface area contributed by atoms with Crippen LogP contribution in [0.25, 0.3) is 21.6 Å². The number of hydrogen-bond donors (Lipinski definition) is 6. The van der Waals surface area contributed by atoms with Gasteiger partial charge >= 0.3 is 5.97 Å². The minimum absolute atomic E-state index is 0.0536. The van der Waals surface area contributed by atoms with Crippen LogP contribution in [0.4, 0.5) is 11.6 Å². The van der Waals surface area contributed by atoms with Crippen molar-refractivity contribution >= 4 is 40.6 Å². The Kier molecular flexibility index (Phi) is 14.6. The van der Waals surface area contributed by atoms with Crippen molar-refractivity contribution in [3.63, 3.8) is 0 Å². The summed E-state index contributed by atoms with van der Waals surface area (Å²) in [5.41, 5.74) is 14.7. The average molecular weight is 642 g/mol. The fourth-order valence-corrected chi connectivity index (χ4v) is 3.81. The van der Waals surface area contributed by atoms with E-state index in [0.29, 0.717) is 44.4 Å². The molecule has 0 aliphatic rings. The molecular weight excluding hydrogens is 606 g/mol. The number of H-pyrrole nitrogens is 1. The van der Waals surface area contributed by atoms with Crippen molar-refractivity contribution in [2.45, 2.75) is 25.4 Å². The fourth-order valence-electron chi connectivity index (χ4n) is 3.81. The van der Waals surface area contributed by atoms with Crippen LogP contribution in [-0.2, 0) is 30.3 Å². The van der Waals surface area contributed by atoms with Crippen LogP contribution in [0.1, 0.15) is 28.9 Å². The predicted octanol–water partition coefficient (Wildman–Crippen LogP) is 0.347. The van der Waals surface area contributed by atoms with Crippen molar-refractivity contribution in [1.29, 1.82) is 0 Å². The smallest absolute Gasteiger partial charge is 0.326 e. The van der Waals surface area contributed by atoms with E-state index in [1.807, 2.05) is 0 Å². The molecule has 46 heavy (non-hydrogen) atoms. The number of nitrogens with zero attached hydrogens (tertiary/aromatic N) is 6. The van der Waals surface area contributed by atoms with Crippen molar-refractivity contribution in [3.05, 3.63) is 62.5 Å². The molecule has 3 aromatic rings. The Balaban J connectivity index is 1.32. The quantitative estimate of drug-likeness (QED) is 0.0397. The number of aromatic amines is 1. The van der Waals surface area contributed by atoms with Crippen molar-refractivity contribution < 1.29 is 33.7 Å². The third kappa shape index (κ3) is 12.3. The van der Waals surface area contributed by atoms with Gasteiger partial charge in [0.15, 0.2) is 11.2 Å². The average Bonchev–Trinajstić information content (AvgIpc) is 3.04. The first kappa shape index (κ1) is 35.1. The molecule has 19 heteroatoms. The van der Waals surface area contributed by atoms with Gasteiger partial charge in [0.05, 0.1) is 58.1 Å². The Morgan fingerprint density at radius 2 is 1.74 bits per heavy atom. The molecule has 2 heterocycles. The van der Waals surface area contributed by atoms with Crippen molar-refractivity contribution in [1.82, 2.24) is 30.6 Å². The van der Waals surface area contributed by atoms with E-state index in [1.165, 1.54) is 18.3 Å². The molecule has 1 aromatic carbocycles. The number of fused-ring (bicyclic) bond motifs is 1. The van der Waals surface area contributed by atoms with Crippen LogP contribution in [0.2, 0.25) is 0 Å². The first-order valence-corrected chi connectivity index (χ1v) is 14.2. The zero-order valence-corrected chi connectivity index (χ0v) is 24.8. The van der Waals surface area contributed by atoms with E-state index >= 15 is 0 Å². The third-order valence-electron chi connectivity index (χ3n) is 6.08. The molecule has 246 valence electrons. The molecule has 0 radical (unpaired) electrons. The lowest BCUT2D eigenvalue weighted by molar-refractivity contribution is -0.139. The molecule has 1 atom stereocenters. The Hall–Kier alpha value is -5.36. The maximum absolute atomic E-state index is 12.7. The van der Waals surface area contributed by atoms with E-state index in [1.54, 1.807) is 12.1 Å². The molecule has 3 rings (SSSR count). The van der Waals surface area contributed by atoms with E-state index < -0.39 is 23.5 Å². The number of azide groups is 1. The largest absolute Gasteiger partial charge is 0.480 e. The van der Waals surface area contributed by atoms with Crippen LogP contribution in [0.5, 0.6) is 0 Å². The minimum atomic E-state index is -1.27. The number of aromatic nitrogens is 4. The normalized spacial score (nSPS) is 11.4. The summed E-state index contributed by atoms with van der Waals surface area (Å²) in [7, 11) is 0. The van der Waals surface area contributed by atoms with Crippen LogP contribution in [0, 0.1) is 0 Å². The van der Waals surface area contributed by atoms with E-state index in [0.717, 1.165) is 0 Å². The lowest BCUT2D eigenvalue weighted by Gasteiger charge is -2.15. The molecule has 19 nitrogen and oxygen atoms in total. The Morgan fingerprint density at radius 3 is 2.43 bits per heavy atom. The van der Waals surface area contributed by atoms with Crippen molar-refractivity contribution in [2.24, 2.45) is 5.11 Å². The molecule has 0 saturated heterocycles. The Bertz CT molecular complexity index is 1560. The summed E-state index contributed by atoms with van der Waals surface area (Å²) in [5.74, 6) is -2.31. The highest BCUT2D eigenvalue weighted by Crippen LogP contribution is 2.12. The number of rotatable bonds is 21. The number of anilines is 2. The lowest BCUT2D eigenvalue weighted by Crippen LogP contribution is -2.41. The van der Waals surface area contributed by atoms with Crippen LogP contribution < -0.4 is 27.2 Å². The van der Waals surface area contributed by atoms with E-state index in [9.17, 15) is 24.3 Å². The predicted molar refractivity (Wildman–Crippen MR) is 164 cm³/mol. The van der Waals surface area contributed by atoms with Gasteiger partial charge in [-0.2, -0.15) is 4.98 Å². The summed E-state index contributed by atoms with van der Waals surface area (Å²) in [6, 6.07) is 5.01. The van der Waals surface area contributed by atoms with E-state index in [2.05, 4.69) is 45.9 Å². The standard InChI is InChI=1S/C27H35N11O8/c28-27-36-23-22(25(41)37-27)34-19(16-32-23)15-31-18-3-1-17(2-4-18)24(40)35-20(26(42)43)5-6-21(39)30-7-9-44-11-13-46-14-12-45-10-8-33-38-29/h1-4,16,20,31H,5-15H2,(H,30,39)(H,35,40)(H,42,43)(H3,28,32,36,37,41)/t20-/m0/s1. The second-order valence-electron chi connectivity index (χ2n) is 9.46. The number of nitrogen functional groups attached to an aromatic ring is 1. The zero-order valence-electron chi connectivity index (χ0n) is 24.8. The van der Waals surface area contributed by atoms with E-state index in [4.69, 9.17) is 25.5 Å². The Labute approximate surface area is 261 Å². The van der Waals surface area contributed by atoms with Crippen LogP contribution in [0.15, 0.2) is 40.4 Å². The van der Waals surface area contributed by atoms with Gasteiger partial charge < -0.3 is 41.0 Å². The SMILES string of the molecule is [N-]=[N+]=NCCOCCOCCOCCNC(=O)CC[C@H](NC(=O)c1ccc(NCc2cnc3nc(N)[nH]c(=O)c3n2)cc1)C(=O)O. The van der Waals surface area contributed by atoms with Gasteiger partial charge in [0, 0.05) is 35.7 Å². The molecular formula is C27H35N11O8. The molecule has 0 unspecified atom stereocenters. The number of carbonyl (C=O) groups excluding carboxylic acids is 2. The van der Waals surface area contributed by atoms with Gasteiger partial charge in [-0.1, -0.05) is 5.11 Å². The summed E-state index contributed by atoms with van der Waals surface area (Å²) in [5, 5.41) is 21.1. The number of nitrogens with one attached hydrogen (secondary N) is 4. The number of benzene rings is 1. The maximum atomic E-state index is 12.7. The number of carbonyl (C=O) groups is 3. The molecule has 0 saturated carbocycles. The van der Waals surface area contributed by atoms with Gasteiger partial charge in [-0.3, -0.25) is 19.4 Å². The highest BCUT2D eigenvalue weighted by molar-refractivity contribution is 5.97. The topological polar surface area (TPSA) is 282 Å². The number of hydrogen-bond acceptors (Lipinski definition) is 13. The fraction of sp³-hybridized carbons (Fsp3) is 0.444. The highest BCUT2D eigenvalue weighted by Gasteiger charge is 2.21. The number of carboxylic acids is 1. The second kappa shape index (κ2) is 19.1. The van der Waals surface area contributed by atoms with Gasteiger partial charge in [0.25, 0.3) is 11.5 Å².